The van der Waals surface area contributed by atoms with Crippen LogP contribution in [0, 0.1) is 0 Å². The largest absolute Gasteiger partial charge is 0.334 e. The van der Waals surface area contributed by atoms with Crippen LogP contribution in [0.25, 0.3) is 10.2 Å². The molecule has 0 bridgehead atoms. The van der Waals surface area contributed by atoms with Gasteiger partial charge in [-0.05, 0) is 17.0 Å². The van der Waals surface area contributed by atoms with Gasteiger partial charge >= 0.3 is 6.03 Å². The predicted octanol–water partition coefficient (Wildman–Crippen LogP) is 1.87. The number of hydrogen-bond donors (Lipinski definition) is 2. The van der Waals surface area contributed by atoms with E-state index in [0.717, 1.165) is 5.56 Å². The van der Waals surface area contributed by atoms with E-state index in [1.165, 1.54) is 22.2 Å². The maximum Gasteiger partial charge on any atom is 0.321 e. The predicted molar refractivity (Wildman–Crippen MR) is 95.3 cm³/mol. The van der Waals surface area contributed by atoms with Gasteiger partial charge in [0.2, 0.25) is 5.91 Å². The van der Waals surface area contributed by atoms with Crippen molar-refractivity contribution in [2.75, 3.05) is 0 Å². The number of thiophene rings is 1. The van der Waals surface area contributed by atoms with Crippen molar-refractivity contribution in [3.63, 3.8) is 0 Å². The van der Waals surface area contributed by atoms with Crippen LogP contribution in [0.2, 0.25) is 0 Å². The topological polar surface area (TPSA) is 93.1 Å². The SMILES string of the molecule is O=C(CCn1cnc2ccsc2c1=O)NC(=O)NCc1ccccc1. The van der Waals surface area contributed by atoms with Crippen LogP contribution >= 0.6 is 11.3 Å². The maximum absolute atomic E-state index is 12.2. The van der Waals surface area contributed by atoms with Crippen LogP contribution in [0.1, 0.15) is 12.0 Å². The lowest BCUT2D eigenvalue weighted by Crippen LogP contribution is -2.39. The van der Waals surface area contributed by atoms with Crippen molar-refractivity contribution in [3.05, 3.63) is 64.0 Å². The molecule has 2 N–H and O–H groups in total. The minimum absolute atomic E-state index is 0.0111. The zero-order valence-electron chi connectivity index (χ0n) is 13.3. The van der Waals surface area contributed by atoms with Gasteiger partial charge in [-0.1, -0.05) is 30.3 Å². The molecule has 0 radical (unpaired) electrons. The van der Waals surface area contributed by atoms with Gasteiger partial charge in [0.1, 0.15) is 4.70 Å². The molecule has 2 heterocycles. The Hall–Kier alpha value is -3.00. The van der Waals surface area contributed by atoms with E-state index in [1.807, 2.05) is 30.3 Å². The van der Waals surface area contributed by atoms with Crippen LogP contribution in [-0.2, 0) is 17.9 Å². The number of imide groups is 1. The summed E-state index contributed by atoms with van der Waals surface area (Å²) in [6.07, 6.45) is 1.43. The zero-order valence-corrected chi connectivity index (χ0v) is 14.1. The number of carbonyl (C=O) groups is 2. The molecule has 0 fully saturated rings. The van der Waals surface area contributed by atoms with Gasteiger partial charge in [-0.2, -0.15) is 0 Å². The van der Waals surface area contributed by atoms with Gasteiger partial charge in [0.05, 0.1) is 11.8 Å². The number of rotatable bonds is 5. The van der Waals surface area contributed by atoms with Crippen LogP contribution in [0.5, 0.6) is 0 Å². The minimum atomic E-state index is -0.562. The Bertz CT molecular complexity index is 949. The second kappa shape index (κ2) is 7.71. The average molecular weight is 356 g/mol. The number of fused-ring (bicyclic) bond motifs is 1. The molecule has 0 saturated carbocycles. The first kappa shape index (κ1) is 16.8. The lowest BCUT2D eigenvalue weighted by Gasteiger charge is -2.08. The molecule has 3 aromatic rings. The summed E-state index contributed by atoms with van der Waals surface area (Å²) in [5.74, 6) is -0.455. The molecule has 0 atom stereocenters. The third-order valence-electron chi connectivity index (χ3n) is 3.56. The molecule has 0 spiro atoms. The summed E-state index contributed by atoms with van der Waals surface area (Å²) < 4.78 is 1.93. The fourth-order valence-electron chi connectivity index (χ4n) is 2.27. The van der Waals surface area contributed by atoms with Gasteiger partial charge in [-0.25, -0.2) is 9.78 Å². The van der Waals surface area contributed by atoms with Crippen molar-refractivity contribution >= 4 is 33.5 Å². The van der Waals surface area contributed by atoms with E-state index in [-0.39, 0.29) is 18.5 Å². The highest BCUT2D eigenvalue weighted by molar-refractivity contribution is 7.17. The van der Waals surface area contributed by atoms with E-state index in [1.54, 1.807) is 11.4 Å². The van der Waals surface area contributed by atoms with Crippen molar-refractivity contribution in [2.24, 2.45) is 0 Å². The van der Waals surface area contributed by atoms with Gasteiger partial charge in [-0.3, -0.25) is 19.5 Å². The van der Waals surface area contributed by atoms with E-state index < -0.39 is 11.9 Å². The third kappa shape index (κ3) is 4.30. The first-order valence-electron chi connectivity index (χ1n) is 7.68. The Morgan fingerprint density at radius 1 is 1.16 bits per heavy atom. The molecule has 1 aromatic carbocycles. The standard InChI is InChI=1S/C17H16N4O3S/c22-14(20-17(24)18-10-12-4-2-1-3-5-12)6-8-21-11-19-13-7-9-25-15(13)16(21)23/h1-5,7,9,11H,6,8,10H2,(H2,18,20,22,24). The number of urea groups is 1. The number of aryl methyl sites for hydroxylation is 1. The summed E-state index contributed by atoms with van der Waals surface area (Å²) in [5, 5.41) is 6.66. The average Bonchev–Trinajstić information content (AvgIpc) is 3.10. The second-order valence-corrected chi connectivity index (χ2v) is 6.26. The van der Waals surface area contributed by atoms with Crippen LogP contribution in [0.4, 0.5) is 4.79 Å². The number of amides is 3. The van der Waals surface area contributed by atoms with Gasteiger partial charge in [0, 0.05) is 19.5 Å². The number of carbonyl (C=O) groups excluding carboxylic acids is 2. The molecule has 0 aliphatic carbocycles. The fraction of sp³-hybridized carbons (Fsp3) is 0.176. The number of aromatic nitrogens is 2. The number of benzene rings is 1. The summed E-state index contributed by atoms with van der Waals surface area (Å²) in [6.45, 7) is 0.496. The molecule has 3 amide bonds. The van der Waals surface area contributed by atoms with Crippen LogP contribution < -0.4 is 16.2 Å². The minimum Gasteiger partial charge on any atom is -0.334 e. The summed E-state index contributed by atoms with van der Waals surface area (Å²) in [7, 11) is 0. The van der Waals surface area contributed by atoms with Crippen LogP contribution in [-0.4, -0.2) is 21.5 Å². The highest BCUT2D eigenvalue weighted by atomic mass is 32.1. The summed E-state index contributed by atoms with van der Waals surface area (Å²) in [6, 6.07) is 10.6. The monoisotopic (exact) mass is 356 g/mol. The summed E-state index contributed by atoms with van der Waals surface area (Å²) in [4.78, 5) is 40.0. The van der Waals surface area contributed by atoms with E-state index >= 15 is 0 Å². The van der Waals surface area contributed by atoms with E-state index in [0.29, 0.717) is 16.8 Å². The van der Waals surface area contributed by atoms with Crippen molar-refractivity contribution in [1.82, 2.24) is 20.2 Å². The first-order chi connectivity index (χ1) is 12.1. The normalized spacial score (nSPS) is 10.6. The quantitative estimate of drug-likeness (QED) is 0.730. The number of nitrogens with zero attached hydrogens (tertiary/aromatic N) is 2. The van der Waals surface area contributed by atoms with Gasteiger partial charge < -0.3 is 5.32 Å². The third-order valence-corrected chi connectivity index (χ3v) is 4.46. The van der Waals surface area contributed by atoms with E-state index in [4.69, 9.17) is 0 Å². The molecular weight excluding hydrogens is 340 g/mol. The Morgan fingerprint density at radius 2 is 1.96 bits per heavy atom. The molecular formula is C17H16N4O3S. The number of hydrogen-bond acceptors (Lipinski definition) is 5. The summed E-state index contributed by atoms with van der Waals surface area (Å²) >= 11 is 1.32. The highest BCUT2D eigenvalue weighted by Gasteiger charge is 2.10. The molecule has 3 rings (SSSR count). The zero-order chi connectivity index (χ0) is 17.6. The first-order valence-corrected chi connectivity index (χ1v) is 8.56. The smallest absolute Gasteiger partial charge is 0.321 e. The Morgan fingerprint density at radius 3 is 2.76 bits per heavy atom. The molecule has 128 valence electrons. The Kier molecular flexibility index (Phi) is 5.20. The Balaban J connectivity index is 1.49. The lowest BCUT2D eigenvalue weighted by molar-refractivity contribution is -0.120. The molecule has 0 saturated heterocycles. The molecule has 0 aliphatic heterocycles. The Labute approximate surface area is 147 Å². The van der Waals surface area contributed by atoms with Crippen molar-refractivity contribution in [3.8, 4) is 0 Å². The van der Waals surface area contributed by atoms with Crippen molar-refractivity contribution < 1.29 is 9.59 Å². The lowest BCUT2D eigenvalue weighted by atomic mass is 10.2. The molecule has 0 aliphatic rings. The molecule has 2 aromatic heterocycles. The van der Waals surface area contributed by atoms with Gasteiger partial charge in [0.25, 0.3) is 5.56 Å². The van der Waals surface area contributed by atoms with Gasteiger partial charge in [-0.15, -0.1) is 11.3 Å². The molecule has 7 nitrogen and oxygen atoms in total. The van der Waals surface area contributed by atoms with Crippen molar-refractivity contribution in [2.45, 2.75) is 19.5 Å². The molecule has 25 heavy (non-hydrogen) atoms. The van der Waals surface area contributed by atoms with E-state index in [9.17, 15) is 14.4 Å². The second-order valence-electron chi connectivity index (χ2n) is 5.34. The maximum atomic E-state index is 12.2. The molecule has 0 unspecified atom stereocenters. The van der Waals surface area contributed by atoms with E-state index in [2.05, 4.69) is 15.6 Å². The van der Waals surface area contributed by atoms with Crippen LogP contribution in [0.3, 0.4) is 0 Å². The van der Waals surface area contributed by atoms with Crippen molar-refractivity contribution in [1.29, 1.82) is 0 Å². The highest BCUT2D eigenvalue weighted by Crippen LogP contribution is 2.13. The number of nitrogens with one attached hydrogen (secondary N) is 2. The summed E-state index contributed by atoms with van der Waals surface area (Å²) in [5.41, 5.74) is 1.41. The fourth-order valence-corrected chi connectivity index (χ4v) is 3.06. The molecule has 8 heteroatoms. The van der Waals surface area contributed by atoms with Crippen LogP contribution in [0.15, 0.2) is 52.9 Å². The van der Waals surface area contributed by atoms with Gasteiger partial charge in [0.15, 0.2) is 0 Å².